The Morgan fingerprint density at radius 2 is 1.79 bits per heavy atom. The SMILES string of the molecule is COc1c(C)cc(CN(C)CCNC(C)C)cc1C. The van der Waals surface area contributed by atoms with E-state index in [1.807, 2.05) is 0 Å². The maximum atomic E-state index is 5.40. The molecule has 0 saturated heterocycles. The van der Waals surface area contributed by atoms with Gasteiger partial charge in [0.25, 0.3) is 0 Å². The van der Waals surface area contributed by atoms with Gasteiger partial charge >= 0.3 is 0 Å². The van der Waals surface area contributed by atoms with E-state index in [2.05, 4.69) is 57.1 Å². The largest absolute Gasteiger partial charge is 0.496 e. The summed E-state index contributed by atoms with van der Waals surface area (Å²) in [5.74, 6) is 1.01. The topological polar surface area (TPSA) is 24.5 Å². The lowest BCUT2D eigenvalue weighted by Crippen LogP contribution is -2.32. The maximum absolute atomic E-state index is 5.40. The van der Waals surface area contributed by atoms with Crippen LogP contribution in [0.1, 0.15) is 30.5 Å². The second-order valence-corrected chi connectivity index (χ2v) is 5.61. The molecule has 0 amide bonds. The third-order valence-corrected chi connectivity index (χ3v) is 3.22. The van der Waals surface area contributed by atoms with Crippen molar-refractivity contribution in [2.24, 2.45) is 0 Å². The highest BCUT2D eigenvalue weighted by molar-refractivity contribution is 5.43. The average Bonchev–Trinajstić information content (AvgIpc) is 2.27. The average molecular weight is 264 g/mol. The van der Waals surface area contributed by atoms with Crippen LogP contribution in [0.15, 0.2) is 12.1 Å². The third kappa shape index (κ3) is 5.21. The van der Waals surface area contributed by atoms with Crippen LogP contribution in [0.4, 0.5) is 0 Å². The summed E-state index contributed by atoms with van der Waals surface area (Å²) in [5, 5.41) is 3.44. The Kier molecular flexibility index (Phi) is 6.32. The molecule has 1 aromatic rings. The predicted molar refractivity (Wildman–Crippen MR) is 81.9 cm³/mol. The summed E-state index contributed by atoms with van der Waals surface area (Å²) in [6, 6.07) is 5.00. The summed E-state index contributed by atoms with van der Waals surface area (Å²) in [4.78, 5) is 2.34. The van der Waals surface area contributed by atoms with Crippen molar-refractivity contribution in [3.63, 3.8) is 0 Å². The molecule has 0 fully saturated rings. The molecule has 0 aliphatic carbocycles. The minimum absolute atomic E-state index is 0.555. The van der Waals surface area contributed by atoms with Crippen molar-refractivity contribution >= 4 is 0 Å². The number of aryl methyl sites for hydroxylation is 2. The van der Waals surface area contributed by atoms with Crippen molar-refractivity contribution in [3.8, 4) is 5.75 Å². The van der Waals surface area contributed by atoms with Crippen LogP contribution in [-0.4, -0.2) is 38.2 Å². The third-order valence-electron chi connectivity index (χ3n) is 3.22. The lowest BCUT2D eigenvalue weighted by molar-refractivity contribution is 0.319. The molecule has 0 bridgehead atoms. The van der Waals surface area contributed by atoms with E-state index in [1.165, 1.54) is 16.7 Å². The number of hydrogen-bond acceptors (Lipinski definition) is 3. The normalized spacial score (nSPS) is 11.4. The van der Waals surface area contributed by atoms with Gasteiger partial charge in [-0.2, -0.15) is 0 Å². The summed E-state index contributed by atoms with van der Waals surface area (Å²) >= 11 is 0. The van der Waals surface area contributed by atoms with Gasteiger partial charge in [0.05, 0.1) is 7.11 Å². The zero-order valence-corrected chi connectivity index (χ0v) is 13.2. The molecule has 0 saturated carbocycles. The molecule has 3 nitrogen and oxygen atoms in total. The van der Waals surface area contributed by atoms with Crippen molar-refractivity contribution in [1.82, 2.24) is 10.2 Å². The summed E-state index contributed by atoms with van der Waals surface area (Å²) in [7, 11) is 3.90. The Morgan fingerprint density at radius 3 is 2.26 bits per heavy atom. The first-order valence-electron chi connectivity index (χ1n) is 7.00. The van der Waals surface area contributed by atoms with Gasteiger partial charge < -0.3 is 15.0 Å². The number of ether oxygens (including phenoxy) is 1. The van der Waals surface area contributed by atoms with Gasteiger partial charge in [0.15, 0.2) is 0 Å². The fourth-order valence-corrected chi connectivity index (χ4v) is 2.39. The molecule has 0 radical (unpaired) electrons. The number of nitrogens with zero attached hydrogens (tertiary/aromatic N) is 1. The first-order valence-corrected chi connectivity index (χ1v) is 7.00. The maximum Gasteiger partial charge on any atom is 0.124 e. The van der Waals surface area contributed by atoms with Crippen LogP contribution < -0.4 is 10.1 Å². The van der Waals surface area contributed by atoms with Gasteiger partial charge in [-0.1, -0.05) is 26.0 Å². The molecule has 19 heavy (non-hydrogen) atoms. The van der Waals surface area contributed by atoms with E-state index in [0.29, 0.717) is 6.04 Å². The number of methoxy groups -OCH3 is 1. The highest BCUT2D eigenvalue weighted by Crippen LogP contribution is 2.24. The van der Waals surface area contributed by atoms with Crippen molar-refractivity contribution in [2.75, 3.05) is 27.2 Å². The number of likely N-dealkylation sites (N-methyl/N-ethyl adjacent to an activating group) is 1. The van der Waals surface area contributed by atoms with Crippen LogP contribution >= 0.6 is 0 Å². The number of hydrogen-bond donors (Lipinski definition) is 1. The first-order chi connectivity index (χ1) is 8.93. The molecular formula is C16H28N2O. The monoisotopic (exact) mass is 264 g/mol. The van der Waals surface area contributed by atoms with E-state index < -0.39 is 0 Å². The summed E-state index contributed by atoms with van der Waals surface area (Å²) in [5.41, 5.74) is 3.78. The van der Waals surface area contributed by atoms with E-state index in [4.69, 9.17) is 4.74 Å². The van der Waals surface area contributed by atoms with Crippen LogP contribution in [-0.2, 0) is 6.54 Å². The van der Waals surface area contributed by atoms with Gasteiger partial charge in [0.1, 0.15) is 5.75 Å². The van der Waals surface area contributed by atoms with Gasteiger partial charge in [-0.3, -0.25) is 0 Å². The highest BCUT2D eigenvalue weighted by atomic mass is 16.5. The standard InChI is InChI=1S/C16H28N2O/c1-12(2)17-7-8-18(5)11-15-9-13(3)16(19-6)14(4)10-15/h9-10,12,17H,7-8,11H2,1-6H3. The molecular weight excluding hydrogens is 236 g/mol. The van der Waals surface area contributed by atoms with Gasteiger partial charge in [-0.15, -0.1) is 0 Å². The Bertz CT molecular complexity index is 379. The molecule has 0 atom stereocenters. The van der Waals surface area contributed by atoms with Crippen LogP contribution in [0.25, 0.3) is 0 Å². The van der Waals surface area contributed by atoms with Gasteiger partial charge in [-0.05, 0) is 37.6 Å². The van der Waals surface area contributed by atoms with Crippen molar-refractivity contribution in [1.29, 1.82) is 0 Å². The van der Waals surface area contributed by atoms with Gasteiger partial charge in [0, 0.05) is 25.7 Å². The fraction of sp³-hybridized carbons (Fsp3) is 0.625. The fourth-order valence-electron chi connectivity index (χ4n) is 2.39. The Morgan fingerprint density at radius 1 is 1.21 bits per heavy atom. The molecule has 0 spiro atoms. The lowest BCUT2D eigenvalue weighted by Gasteiger charge is -2.19. The minimum Gasteiger partial charge on any atom is -0.496 e. The first kappa shape index (κ1) is 16.0. The molecule has 1 aromatic carbocycles. The minimum atomic E-state index is 0.555. The summed E-state index contributed by atoms with van der Waals surface area (Å²) < 4.78 is 5.40. The quantitative estimate of drug-likeness (QED) is 0.819. The van der Waals surface area contributed by atoms with E-state index >= 15 is 0 Å². The molecule has 0 aliphatic heterocycles. The molecule has 0 aliphatic rings. The van der Waals surface area contributed by atoms with Crippen LogP contribution in [0, 0.1) is 13.8 Å². The van der Waals surface area contributed by atoms with Crippen molar-refractivity contribution in [2.45, 2.75) is 40.3 Å². The number of nitrogens with one attached hydrogen (secondary N) is 1. The lowest BCUT2D eigenvalue weighted by atomic mass is 10.1. The smallest absolute Gasteiger partial charge is 0.124 e. The van der Waals surface area contributed by atoms with E-state index in [-0.39, 0.29) is 0 Å². The molecule has 108 valence electrons. The van der Waals surface area contributed by atoms with Crippen molar-refractivity contribution < 1.29 is 4.74 Å². The summed E-state index contributed by atoms with van der Waals surface area (Å²) in [6.07, 6.45) is 0. The summed E-state index contributed by atoms with van der Waals surface area (Å²) in [6.45, 7) is 11.6. The Balaban J connectivity index is 2.57. The number of rotatable bonds is 7. The van der Waals surface area contributed by atoms with E-state index in [0.717, 1.165) is 25.4 Å². The van der Waals surface area contributed by atoms with Gasteiger partial charge in [-0.25, -0.2) is 0 Å². The second kappa shape index (κ2) is 7.51. The van der Waals surface area contributed by atoms with E-state index in [1.54, 1.807) is 7.11 Å². The Labute approximate surface area is 118 Å². The number of benzene rings is 1. The van der Waals surface area contributed by atoms with E-state index in [9.17, 15) is 0 Å². The predicted octanol–water partition coefficient (Wildman–Crippen LogP) is 2.74. The molecule has 0 aromatic heterocycles. The van der Waals surface area contributed by atoms with Gasteiger partial charge in [0.2, 0.25) is 0 Å². The highest BCUT2D eigenvalue weighted by Gasteiger charge is 2.07. The van der Waals surface area contributed by atoms with Crippen molar-refractivity contribution in [3.05, 3.63) is 28.8 Å². The zero-order chi connectivity index (χ0) is 14.4. The van der Waals surface area contributed by atoms with Crippen LogP contribution in [0.5, 0.6) is 5.75 Å². The Hall–Kier alpha value is -1.06. The van der Waals surface area contributed by atoms with Crippen LogP contribution in [0.2, 0.25) is 0 Å². The molecule has 0 unspecified atom stereocenters. The molecule has 3 heteroatoms. The molecule has 0 heterocycles. The molecule has 1 rings (SSSR count). The van der Waals surface area contributed by atoms with Crippen LogP contribution in [0.3, 0.4) is 0 Å². The molecule has 1 N–H and O–H groups in total. The second-order valence-electron chi connectivity index (χ2n) is 5.61. The zero-order valence-electron chi connectivity index (χ0n) is 13.2.